The Morgan fingerprint density at radius 1 is 1.27 bits per heavy atom. The molecule has 22 heavy (non-hydrogen) atoms. The Morgan fingerprint density at radius 3 is 2.91 bits per heavy atom. The SMILES string of the molecule is COc1ccccc1CCC(=O)N1CCn2c(C)nnc2C1. The number of fused-ring (bicyclic) bond motifs is 1. The molecule has 0 bridgehead atoms. The monoisotopic (exact) mass is 300 g/mol. The van der Waals surface area contributed by atoms with E-state index in [1.807, 2.05) is 36.1 Å². The summed E-state index contributed by atoms with van der Waals surface area (Å²) in [7, 11) is 1.65. The molecule has 0 saturated carbocycles. The molecule has 3 rings (SSSR count). The van der Waals surface area contributed by atoms with Gasteiger partial charge >= 0.3 is 0 Å². The van der Waals surface area contributed by atoms with E-state index >= 15 is 0 Å². The van der Waals surface area contributed by atoms with Gasteiger partial charge in [-0.15, -0.1) is 10.2 Å². The molecule has 0 atom stereocenters. The second-order valence-electron chi connectivity index (χ2n) is 5.44. The predicted octanol–water partition coefficient (Wildman–Crippen LogP) is 1.57. The van der Waals surface area contributed by atoms with E-state index < -0.39 is 0 Å². The number of hydrogen-bond acceptors (Lipinski definition) is 4. The summed E-state index contributed by atoms with van der Waals surface area (Å²) in [4.78, 5) is 14.3. The number of ether oxygens (including phenoxy) is 1. The van der Waals surface area contributed by atoms with E-state index in [9.17, 15) is 4.79 Å². The number of aromatic nitrogens is 3. The molecule has 0 aliphatic carbocycles. The van der Waals surface area contributed by atoms with Crippen LogP contribution in [0.25, 0.3) is 0 Å². The van der Waals surface area contributed by atoms with Crippen LogP contribution in [0, 0.1) is 6.92 Å². The van der Waals surface area contributed by atoms with E-state index in [4.69, 9.17) is 4.74 Å². The minimum absolute atomic E-state index is 0.151. The zero-order chi connectivity index (χ0) is 15.5. The molecule has 0 unspecified atom stereocenters. The lowest BCUT2D eigenvalue weighted by molar-refractivity contribution is -0.132. The molecule has 6 nitrogen and oxygen atoms in total. The van der Waals surface area contributed by atoms with Crippen LogP contribution in [0.15, 0.2) is 24.3 Å². The fourth-order valence-corrected chi connectivity index (χ4v) is 2.83. The van der Waals surface area contributed by atoms with Crippen LogP contribution in [0.2, 0.25) is 0 Å². The molecule has 6 heteroatoms. The highest BCUT2D eigenvalue weighted by molar-refractivity contribution is 5.76. The molecule has 0 radical (unpaired) electrons. The summed E-state index contributed by atoms with van der Waals surface area (Å²) < 4.78 is 7.40. The largest absolute Gasteiger partial charge is 0.496 e. The minimum atomic E-state index is 0.151. The summed E-state index contributed by atoms with van der Waals surface area (Å²) in [5.74, 6) is 2.77. The Morgan fingerprint density at radius 2 is 2.09 bits per heavy atom. The average Bonchev–Trinajstić information content (AvgIpc) is 2.93. The summed E-state index contributed by atoms with van der Waals surface area (Å²) >= 11 is 0. The fraction of sp³-hybridized carbons (Fsp3) is 0.438. The van der Waals surface area contributed by atoms with Crippen molar-refractivity contribution in [1.29, 1.82) is 0 Å². The fourth-order valence-electron chi connectivity index (χ4n) is 2.83. The van der Waals surface area contributed by atoms with Gasteiger partial charge in [0.05, 0.1) is 13.7 Å². The van der Waals surface area contributed by atoms with E-state index in [-0.39, 0.29) is 5.91 Å². The summed E-state index contributed by atoms with van der Waals surface area (Å²) in [5, 5.41) is 8.20. The maximum atomic E-state index is 12.4. The first-order chi connectivity index (χ1) is 10.7. The standard InChI is InChI=1S/C16H20N4O2/c1-12-17-18-15-11-19(9-10-20(12)15)16(21)8-7-13-5-3-4-6-14(13)22-2/h3-6H,7-11H2,1-2H3. The molecule has 1 aromatic heterocycles. The number of benzene rings is 1. The van der Waals surface area contributed by atoms with Crippen molar-refractivity contribution in [3.05, 3.63) is 41.5 Å². The topological polar surface area (TPSA) is 60.2 Å². The quantitative estimate of drug-likeness (QED) is 0.860. The summed E-state index contributed by atoms with van der Waals surface area (Å²) in [6.45, 7) is 3.98. The van der Waals surface area contributed by atoms with Gasteiger partial charge in [-0.3, -0.25) is 4.79 Å². The summed E-state index contributed by atoms with van der Waals surface area (Å²) in [6, 6.07) is 7.83. The van der Waals surface area contributed by atoms with Crippen LogP contribution >= 0.6 is 0 Å². The van der Waals surface area contributed by atoms with Crippen LogP contribution in [0.4, 0.5) is 0 Å². The molecule has 0 saturated heterocycles. The van der Waals surface area contributed by atoms with Gasteiger partial charge in [0.15, 0.2) is 5.82 Å². The summed E-state index contributed by atoms with van der Waals surface area (Å²) in [6.07, 6.45) is 1.17. The van der Waals surface area contributed by atoms with Crippen molar-refractivity contribution >= 4 is 5.91 Å². The predicted molar refractivity (Wildman–Crippen MR) is 81.5 cm³/mol. The van der Waals surface area contributed by atoms with Gasteiger partial charge in [0.25, 0.3) is 0 Å². The highest BCUT2D eigenvalue weighted by Crippen LogP contribution is 2.20. The minimum Gasteiger partial charge on any atom is -0.496 e. The molecule has 116 valence electrons. The Balaban J connectivity index is 1.61. The van der Waals surface area contributed by atoms with E-state index in [2.05, 4.69) is 14.8 Å². The maximum absolute atomic E-state index is 12.4. The molecular formula is C16H20N4O2. The van der Waals surface area contributed by atoms with E-state index in [0.29, 0.717) is 19.4 Å². The third kappa shape index (κ3) is 2.81. The molecule has 2 aromatic rings. The normalized spacial score (nSPS) is 13.8. The number of methoxy groups -OCH3 is 1. The first-order valence-electron chi connectivity index (χ1n) is 7.47. The lowest BCUT2D eigenvalue weighted by Crippen LogP contribution is -2.38. The van der Waals surface area contributed by atoms with Crippen LogP contribution in [0.1, 0.15) is 23.6 Å². The third-order valence-corrected chi connectivity index (χ3v) is 4.09. The van der Waals surface area contributed by atoms with Crippen LogP contribution < -0.4 is 4.74 Å². The number of para-hydroxylation sites is 1. The second-order valence-corrected chi connectivity index (χ2v) is 5.44. The van der Waals surface area contributed by atoms with Gasteiger partial charge in [-0.2, -0.15) is 0 Å². The van der Waals surface area contributed by atoms with Gasteiger partial charge in [0.2, 0.25) is 5.91 Å². The molecule has 0 fully saturated rings. The number of carbonyl (C=O) groups is 1. The molecular weight excluding hydrogens is 280 g/mol. The van der Waals surface area contributed by atoms with Crippen molar-refractivity contribution in [3.8, 4) is 5.75 Å². The molecule has 1 aromatic carbocycles. The average molecular weight is 300 g/mol. The first kappa shape index (κ1) is 14.6. The van der Waals surface area contributed by atoms with Crippen LogP contribution in [0.5, 0.6) is 5.75 Å². The highest BCUT2D eigenvalue weighted by Gasteiger charge is 2.23. The highest BCUT2D eigenvalue weighted by atomic mass is 16.5. The third-order valence-electron chi connectivity index (χ3n) is 4.09. The number of aryl methyl sites for hydroxylation is 2. The number of carbonyl (C=O) groups excluding carboxylic acids is 1. The van der Waals surface area contributed by atoms with Crippen molar-refractivity contribution in [2.75, 3.05) is 13.7 Å². The molecule has 1 aliphatic heterocycles. The smallest absolute Gasteiger partial charge is 0.223 e. The molecule has 0 spiro atoms. The van der Waals surface area contributed by atoms with Crippen molar-refractivity contribution < 1.29 is 9.53 Å². The van der Waals surface area contributed by atoms with Crippen LogP contribution in [-0.4, -0.2) is 39.2 Å². The Bertz CT molecular complexity index is 681. The van der Waals surface area contributed by atoms with E-state index in [1.54, 1.807) is 7.11 Å². The number of rotatable bonds is 4. The number of nitrogens with zero attached hydrogens (tertiary/aromatic N) is 4. The zero-order valence-electron chi connectivity index (χ0n) is 13.0. The summed E-state index contributed by atoms with van der Waals surface area (Å²) in [5.41, 5.74) is 1.06. The maximum Gasteiger partial charge on any atom is 0.223 e. The van der Waals surface area contributed by atoms with Crippen LogP contribution in [-0.2, 0) is 24.3 Å². The van der Waals surface area contributed by atoms with E-state index in [0.717, 1.165) is 36.1 Å². The molecule has 0 N–H and O–H groups in total. The van der Waals surface area contributed by atoms with Crippen LogP contribution in [0.3, 0.4) is 0 Å². The Labute approximate surface area is 129 Å². The lowest BCUT2D eigenvalue weighted by Gasteiger charge is -2.27. The number of amides is 1. The second kappa shape index (κ2) is 6.17. The van der Waals surface area contributed by atoms with Crippen molar-refractivity contribution in [3.63, 3.8) is 0 Å². The van der Waals surface area contributed by atoms with Gasteiger partial charge in [-0.25, -0.2) is 0 Å². The molecule has 2 heterocycles. The Kier molecular flexibility index (Phi) is 4.09. The molecule has 1 amide bonds. The van der Waals surface area contributed by atoms with Gasteiger partial charge < -0.3 is 14.2 Å². The van der Waals surface area contributed by atoms with Crippen molar-refractivity contribution in [1.82, 2.24) is 19.7 Å². The van der Waals surface area contributed by atoms with Gasteiger partial charge in [0.1, 0.15) is 11.6 Å². The Hall–Kier alpha value is -2.37. The first-order valence-corrected chi connectivity index (χ1v) is 7.47. The van der Waals surface area contributed by atoms with E-state index in [1.165, 1.54) is 0 Å². The zero-order valence-corrected chi connectivity index (χ0v) is 13.0. The molecule has 1 aliphatic rings. The van der Waals surface area contributed by atoms with Crippen molar-refractivity contribution in [2.24, 2.45) is 0 Å². The van der Waals surface area contributed by atoms with Gasteiger partial charge in [-0.1, -0.05) is 18.2 Å². The lowest BCUT2D eigenvalue weighted by atomic mass is 10.1. The van der Waals surface area contributed by atoms with Gasteiger partial charge in [0, 0.05) is 19.5 Å². The van der Waals surface area contributed by atoms with Gasteiger partial charge in [-0.05, 0) is 25.0 Å². The number of hydrogen-bond donors (Lipinski definition) is 0. The van der Waals surface area contributed by atoms with Crippen molar-refractivity contribution in [2.45, 2.75) is 32.9 Å².